The third kappa shape index (κ3) is 5.85. The lowest BCUT2D eigenvalue weighted by Crippen LogP contribution is -1.97. The lowest BCUT2D eigenvalue weighted by Gasteiger charge is -2.13. The van der Waals surface area contributed by atoms with Crippen molar-refractivity contribution in [3.63, 3.8) is 0 Å². The zero-order valence-electron chi connectivity index (χ0n) is 30.2. The van der Waals surface area contributed by atoms with Crippen molar-refractivity contribution in [2.75, 3.05) is 0 Å². The summed E-state index contributed by atoms with van der Waals surface area (Å²) in [6, 6.07) is 66.6. The van der Waals surface area contributed by atoms with Crippen molar-refractivity contribution < 1.29 is 0 Å². The van der Waals surface area contributed by atoms with Gasteiger partial charge in [0.2, 0.25) is 0 Å². The van der Waals surface area contributed by atoms with Crippen molar-refractivity contribution in [2.24, 2.45) is 4.99 Å². The molecule has 0 atom stereocenters. The van der Waals surface area contributed by atoms with Gasteiger partial charge < -0.3 is 5.41 Å². The second-order valence-electron chi connectivity index (χ2n) is 14.2. The van der Waals surface area contributed by atoms with Crippen LogP contribution in [0.3, 0.4) is 0 Å². The Morgan fingerprint density at radius 3 is 1.82 bits per heavy atom. The monoisotopic (exact) mass is 700 g/mol. The lowest BCUT2D eigenvalue weighted by atomic mass is 9.92. The highest BCUT2D eigenvalue weighted by Crippen LogP contribution is 2.44. The summed E-state index contributed by atoms with van der Waals surface area (Å²) < 4.78 is 0. The molecule has 0 aliphatic heterocycles. The van der Waals surface area contributed by atoms with Crippen molar-refractivity contribution in [2.45, 2.75) is 6.42 Å². The Labute approximate surface area is 320 Å². The first kappa shape index (κ1) is 32.5. The first-order valence-electron chi connectivity index (χ1n) is 18.8. The molecule has 9 aromatic rings. The summed E-state index contributed by atoms with van der Waals surface area (Å²) >= 11 is 0. The van der Waals surface area contributed by atoms with Crippen LogP contribution in [-0.4, -0.2) is 11.9 Å². The normalized spacial score (nSPS) is 12.4. The topological polar surface area (TPSA) is 36.2 Å². The Bertz CT molecular complexity index is 3000. The first-order chi connectivity index (χ1) is 27.2. The minimum absolute atomic E-state index is 0.419. The predicted molar refractivity (Wildman–Crippen MR) is 233 cm³/mol. The molecule has 1 aliphatic rings. The number of rotatable bonds is 7. The molecule has 0 heterocycles. The second-order valence-corrected chi connectivity index (χ2v) is 14.2. The second kappa shape index (κ2) is 13.7. The fourth-order valence-electron chi connectivity index (χ4n) is 8.38. The minimum atomic E-state index is 0.419. The molecule has 1 N–H and O–H groups in total. The summed E-state index contributed by atoms with van der Waals surface area (Å²) in [7, 11) is 0. The van der Waals surface area contributed by atoms with E-state index in [4.69, 9.17) is 10.4 Å². The van der Waals surface area contributed by atoms with Gasteiger partial charge in [-0.25, -0.2) is 0 Å². The van der Waals surface area contributed by atoms with Crippen LogP contribution in [0.4, 0.5) is 0 Å². The molecule has 0 unspecified atom stereocenters. The van der Waals surface area contributed by atoms with Gasteiger partial charge in [0.1, 0.15) is 0 Å². The summed E-state index contributed by atoms with van der Waals surface area (Å²) in [4.78, 5) is 5.13. The van der Waals surface area contributed by atoms with Gasteiger partial charge in [0, 0.05) is 17.3 Å². The molecule has 2 heteroatoms. The van der Waals surface area contributed by atoms with E-state index in [1.54, 1.807) is 0 Å². The van der Waals surface area contributed by atoms with E-state index < -0.39 is 0 Å². The number of benzene rings is 9. The molecule has 258 valence electrons. The SMILES string of the molecule is N=C(/C=C(\N=Cc1ccc(-c2ccc(-c3cccc4c3Cc3c-4ccc4ccccc34)cc2)c2ccccc12)c1cccc2ccccc12)c1ccccc1. The standard InChI is InChI=1S/C53H36N2/c54-52(39-14-2-1-3-15-39)33-53(49-23-10-16-35-12-4-6-17-41(35)49)55-34-40-29-30-45(46-20-9-8-19-44(40)46)38-26-24-37(25-27-38)43-21-11-22-47-48-31-28-36-13-5-7-18-42(36)51(48)32-50(43)47/h1-31,33-34,54H,32H2/b53-33-,54-52?,55-34?. The smallest absolute Gasteiger partial charge is 0.0729 e. The number of nitrogens with one attached hydrogen (secondary N) is 1. The van der Waals surface area contributed by atoms with Crippen LogP contribution in [0.25, 0.3) is 71.4 Å². The Balaban J connectivity index is 1.00. The number of nitrogens with zero attached hydrogens (tertiary/aromatic N) is 1. The van der Waals surface area contributed by atoms with Gasteiger partial charge >= 0.3 is 0 Å². The molecule has 10 rings (SSSR count). The van der Waals surface area contributed by atoms with Crippen LogP contribution in [0.5, 0.6) is 0 Å². The van der Waals surface area contributed by atoms with Crippen LogP contribution < -0.4 is 0 Å². The molecule has 0 radical (unpaired) electrons. The van der Waals surface area contributed by atoms with Gasteiger partial charge in [-0.05, 0) is 94.9 Å². The van der Waals surface area contributed by atoms with Crippen LogP contribution in [0.15, 0.2) is 199 Å². The fraction of sp³-hybridized carbons (Fsp3) is 0.0189. The number of hydrogen-bond acceptors (Lipinski definition) is 2. The van der Waals surface area contributed by atoms with Crippen LogP contribution in [0.1, 0.15) is 27.8 Å². The Kier molecular flexibility index (Phi) is 8.08. The van der Waals surface area contributed by atoms with Gasteiger partial charge in [0.05, 0.1) is 11.4 Å². The van der Waals surface area contributed by atoms with Crippen LogP contribution in [0, 0.1) is 5.41 Å². The van der Waals surface area contributed by atoms with Crippen molar-refractivity contribution in [1.82, 2.24) is 0 Å². The molecule has 1 aliphatic carbocycles. The maximum absolute atomic E-state index is 8.97. The van der Waals surface area contributed by atoms with E-state index in [0.717, 1.165) is 45.0 Å². The molecule has 55 heavy (non-hydrogen) atoms. The number of aliphatic imine (C=N–C) groups is 1. The molecular formula is C53H36N2. The third-order valence-corrected chi connectivity index (χ3v) is 11.1. The number of hydrogen-bond donors (Lipinski definition) is 1. The van der Waals surface area contributed by atoms with Crippen molar-refractivity contribution in [3.8, 4) is 33.4 Å². The van der Waals surface area contributed by atoms with E-state index in [-0.39, 0.29) is 0 Å². The summed E-state index contributed by atoms with van der Waals surface area (Å²) in [5.41, 5.74) is 14.5. The minimum Gasteiger partial charge on any atom is -0.300 e. The van der Waals surface area contributed by atoms with Gasteiger partial charge in [-0.3, -0.25) is 4.99 Å². The third-order valence-electron chi connectivity index (χ3n) is 11.1. The maximum Gasteiger partial charge on any atom is 0.0729 e. The van der Waals surface area contributed by atoms with Gasteiger partial charge in [-0.1, -0.05) is 188 Å². The Morgan fingerprint density at radius 1 is 0.436 bits per heavy atom. The van der Waals surface area contributed by atoms with Crippen LogP contribution >= 0.6 is 0 Å². The van der Waals surface area contributed by atoms with E-state index in [2.05, 4.69) is 158 Å². The molecule has 2 nitrogen and oxygen atoms in total. The Morgan fingerprint density at radius 2 is 1.02 bits per heavy atom. The van der Waals surface area contributed by atoms with Gasteiger partial charge in [0.25, 0.3) is 0 Å². The molecule has 0 aromatic heterocycles. The average Bonchev–Trinajstić information content (AvgIpc) is 3.65. The summed E-state index contributed by atoms with van der Waals surface area (Å²) in [6.45, 7) is 0. The predicted octanol–water partition coefficient (Wildman–Crippen LogP) is 13.6. The maximum atomic E-state index is 8.97. The summed E-state index contributed by atoms with van der Waals surface area (Å²) in [5.74, 6) is 0. The van der Waals surface area contributed by atoms with Crippen molar-refractivity contribution in [3.05, 3.63) is 222 Å². The van der Waals surface area contributed by atoms with E-state index in [9.17, 15) is 0 Å². The number of fused-ring (bicyclic) bond motifs is 7. The van der Waals surface area contributed by atoms with Crippen molar-refractivity contribution in [1.29, 1.82) is 5.41 Å². The van der Waals surface area contributed by atoms with Gasteiger partial charge in [-0.2, -0.15) is 0 Å². The largest absolute Gasteiger partial charge is 0.300 e. The quantitative estimate of drug-likeness (QED) is 0.161. The first-order valence-corrected chi connectivity index (χ1v) is 18.8. The number of allylic oxidation sites excluding steroid dienone is 1. The highest BCUT2D eigenvalue weighted by atomic mass is 14.7. The molecule has 0 fully saturated rings. The molecule has 0 spiro atoms. The fourth-order valence-corrected chi connectivity index (χ4v) is 8.38. The van der Waals surface area contributed by atoms with E-state index in [1.165, 1.54) is 60.7 Å². The zero-order chi connectivity index (χ0) is 36.7. The highest BCUT2D eigenvalue weighted by Gasteiger charge is 2.23. The lowest BCUT2D eigenvalue weighted by molar-refractivity contribution is 1.28. The summed E-state index contributed by atoms with van der Waals surface area (Å²) in [5, 5.41) is 16.2. The molecule has 0 saturated heterocycles. The van der Waals surface area contributed by atoms with Crippen molar-refractivity contribution >= 4 is 49.9 Å². The highest BCUT2D eigenvalue weighted by molar-refractivity contribution is 6.13. The van der Waals surface area contributed by atoms with E-state index in [1.807, 2.05) is 42.6 Å². The van der Waals surface area contributed by atoms with Crippen LogP contribution in [0.2, 0.25) is 0 Å². The zero-order valence-corrected chi connectivity index (χ0v) is 30.2. The van der Waals surface area contributed by atoms with E-state index >= 15 is 0 Å². The Hall–Kier alpha value is -7.16. The van der Waals surface area contributed by atoms with E-state index in [0.29, 0.717) is 5.71 Å². The molecule has 0 saturated carbocycles. The summed E-state index contributed by atoms with van der Waals surface area (Å²) in [6.07, 6.45) is 4.79. The molecule has 0 bridgehead atoms. The van der Waals surface area contributed by atoms with Crippen LogP contribution in [-0.2, 0) is 6.42 Å². The molecule has 9 aromatic carbocycles. The average molecular weight is 701 g/mol. The van der Waals surface area contributed by atoms with Gasteiger partial charge in [-0.15, -0.1) is 0 Å². The molecular weight excluding hydrogens is 665 g/mol. The molecule has 0 amide bonds. The van der Waals surface area contributed by atoms with Gasteiger partial charge in [0.15, 0.2) is 0 Å².